The van der Waals surface area contributed by atoms with Gasteiger partial charge in [0.05, 0.1) is 0 Å². The Kier molecular flexibility index (Phi) is 8.19. The maximum atomic E-state index is 12.9. The Morgan fingerprint density at radius 2 is 1.66 bits per heavy atom. The number of hydrogen-bond donors (Lipinski definition) is 4. The molecule has 0 saturated heterocycles. The van der Waals surface area contributed by atoms with Crippen molar-refractivity contribution >= 4 is 29.2 Å². The molecule has 166 valence electrons. The number of amides is 2. The fourth-order valence-electron chi connectivity index (χ4n) is 3.14. The predicted molar refractivity (Wildman–Crippen MR) is 124 cm³/mol. The van der Waals surface area contributed by atoms with Crippen LogP contribution in [0.5, 0.6) is 0 Å². The molecule has 1 heterocycles. The van der Waals surface area contributed by atoms with E-state index in [1.165, 1.54) is 0 Å². The molecule has 1 aromatic heterocycles. The predicted octanol–water partition coefficient (Wildman–Crippen LogP) is 2.26. The minimum atomic E-state index is -1.29. The summed E-state index contributed by atoms with van der Waals surface area (Å²) in [5, 5.41) is 16.3. The molecule has 2 aromatic carbocycles. The third-order valence-electron chi connectivity index (χ3n) is 4.90. The van der Waals surface area contributed by atoms with Gasteiger partial charge in [0.15, 0.2) is 0 Å². The minimum absolute atomic E-state index is 0.143. The van der Waals surface area contributed by atoms with Gasteiger partial charge in [-0.15, -0.1) is 0 Å². The second kappa shape index (κ2) is 11.3. The van der Waals surface area contributed by atoms with Crippen LogP contribution in [0.3, 0.4) is 0 Å². The average Bonchev–Trinajstić information content (AvgIpc) is 2.80. The summed E-state index contributed by atoms with van der Waals surface area (Å²) >= 11 is 6.25. The molecule has 0 aliphatic carbocycles. The Labute approximate surface area is 191 Å². The van der Waals surface area contributed by atoms with Gasteiger partial charge in [0.2, 0.25) is 11.8 Å². The van der Waals surface area contributed by atoms with Gasteiger partial charge in [0, 0.05) is 30.6 Å². The summed E-state index contributed by atoms with van der Waals surface area (Å²) in [6.45, 7) is 0.216. The van der Waals surface area contributed by atoms with Crippen molar-refractivity contribution < 1.29 is 14.7 Å². The lowest BCUT2D eigenvalue weighted by Crippen LogP contribution is -2.51. The smallest absolute Gasteiger partial charge is 0.249 e. The number of rotatable bonds is 9. The van der Waals surface area contributed by atoms with Crippen LogP contribution in [0.25, 0.3) is 0 Å². The standard InChI is InChI=1S/C24H25ClN4O3/c25-19-9-5-4-8-18(19)13-20(23(31)28-15-17-10-11-22(26)27-14-17)29-24(32)21(30)12-16-6-2-1-3-7-16/h1-11,14,20-21,30H,12-13,15H2,(H2,26,27)(H,28,31)(H,29,32)/t20-,21?/m0/s1. The molecule has 1 unspecified atom stereocenters. The van der Waals surface area contributed by atoms with Gasteiger partial charge in [-0.05, 0) is 28.8 Å². The zero-order chi connectivity index (χ0) is 22.9. The number of nitrogens with one attached hydrogen (secondary N) is 2. The number of anilines is 1. The molecular formula is C24H25ClN4O3. The van der Waals surface area contributed by atoms with E-state index in [1.807, 2.05) is 36.4 Å². The molecule has 2 amide bonds. The van der Waals surface area contributed by atoms with E-state index >= 15 is 0 Å². The number of nitrogen functional groups attached to an aromatic ring is 1. The van der Waals surface area contributed by atoms with Crippen molar-refractivity contribution in [3.8, 4) is 0 Å². The number of nitrogens with zero attached hydrogens (tertiary/aromatic N) is 1. The van der Waals surface area contributed by atoms with E-state index in [9.17, 15) is 14.7 Å². The molecule has 0 spiro atoms. The van der Waals surface area contributed by atoms with Gasteiger partial charge in [-0.3, -0.25) is 9.59 Å². The van der Waals surface area contributed by atoms with Crippen LogP contribution in [0.4, 0.5) is 5.82 Å². The minimum Gasteiger partial charge on any atom is -0.384 e. The number of halogens is 1. The number of aromatic nitrogens is 1. The highest BCUT2D eigenvalue weighted by Gasteiger charge is 2.25. The molecule has 0 saturated carbocycles. The highest BCUT2D eigenvalue weighted by atomic mass is 35.5. The Morgan fingerprint density at radius 3 is 2.34 bits per heavy atom. The Balaban J connectivity index is 1.69. The third-order valence-corrected chi connectivity index (χ3v) is 5.27. The number of benzene rings is 2. The van der Waals surface area contributed by atoms with E-state index in [1.54, 1.807) is 36.5 Å². The molecule has 2 atom stereocenters. The second-order valence-electron chi connectivity index (χ2n) is 7.37. The summed E-state index contributed by atoms with van der Waals surface area (Å²) in [5.41, 5.74) is 7.88. The van der Waals surface area contributed by atoms with Crippen LogP contribution < -0.4 is 16.4 Å². The first kappa shape index (κ1) is 23.2. The quantitative estimate of drug-likeness (QED) is 0.397. The highest BCUT2D eigenvalue weighted by molar-refractivity contribution is 6.31. The number of nitrogens with two attached hydrogens (primary N) is 1. The van der Waals surface area contributed by atoms with Crippen molar-refractivity contribution in [2.24, 2.45) is 0 Å². The van der Waals surface area contributed by atoms with Crippen LogP contribution in [-0.4, -0.2) is 34.1 Å². The summed E-state index contributed by atoms with van der Waals surface area (Å²) in [4.78, 5) is 29.6. The van der Waals surface area contributed by atoms with Gasteiger partial charge in [0.25, 0.3) is 0 Å². The molecule has 3 rings (SSSR count). The van der Waals surface area contributed by atoms with Gasteiger partial charge in [0.1, 0.15) is 18.0 Å². The highest BCUT2D eigenvalue weighted by Crippen LogP contribution is 2.17. The number of pyridine rings is 1. The zero-order valence-corrected chi connectivity index (χ0v) is 18.1. The summed E-state index contributed by atoms with van der Waals surface area (Å²) in [7, 11) is 0. The normalized spacial score (nSPS) is 12.6. The van der Waals surface area contributed by atoms with Crippen molar-refractivity contribution in [1.29, 1.82) is 0 Å². The lowest BCUT2D eigenvalue weighted by Gasteiger charge is -2.21. The van der Waals surface area contributed by atoms with E-state index in [0.29, 0.717) is 16.4 Å². The van der Waals surface area contributed by atoms with Gasteiger partial charge in [-0.25, -0.2) is 4.98 Å². The van der Waals surface area contributed by atoms with Crippen LogP contribution in [0.2, 0.25) is 5.02 Å². The van der Waals surface area contributed by atoms with Crippen LogP contribution in [-0.2, 0) is 29.0 Å². The van der Waals surface area contributed by atoms with Gasteiger partial charge < -0.3 is 21.5 Å². The number of carbonyl (C=O) groups excluding carboxylic acids is 2. The van der Waals surface area contributed by atoms with Crippen LogP contribution >= 0.6 is 11.6 Å². The SMILES string of the molecule is Nc1ccc(CNC(=O)[C@H](Cc2ccccc2Cl)NC(=O)C(O)Cc2ccccc2)cn1. The summed E-state index contributed by atoms with van der Waals surface area (Å²) < 4.78 is 0. The Hall–Kier alpha value is -3.42. The topological polar surface area (TPSA) is 117 Å². The lowest BCUT2D eigenvalue weighted by molar-refractivity contribution is -0.134. The molecule has 3 aromatic rings. The molecule has 8 heteroatoms. The van der Waals surface area contributed by atoms with Crippen molar-refractivity contribution in [2.75, 3.05) is 5.73 Å². The molecule has 0 aliphatic heterocycles. The number of aliphatic hydroxyl groups is 1. The largest absolute Gasteiger partial charge is 0.384 e. The summed E-state index contributed by atoms with van der Waals surface area (Å²) in [6, 6.07) is 18.8. The first-order chi connectivity index (χ1) is 15.4. The Bertz CT molecular complexity index is 1040. The second-order valence-corrected chi connectivity index (χ2v) is 7.78. The van der Waals surface area contributed by atoms with Crippen molar-refractivity contribution in [2.45, 2.75) is 31.5 Å². The summed E-state index contributed by atoms with van der Waals surface area (Å²) in [6.07, 6.45) is 0.598. The van der Waals surface area contributed by atoms with E-state index in [2.05, 4.69) is 15.6 Å². The van der Waals surface area contributed by atoms with Crippen molar-refractivity contribution in [3.05, 3.63) is 94.6 Å². The molecule has 0 radical (unpaired) electrons. The first-order valence-corrected chi connectivity index (χ1v) is 10.5. The molecule has 0 fully saturated rings. The molecule has 0 bridgehead atoms. The van der Waals surface area contributed by atoms with Crippen molar-refractivity contribution in [3.63, 3.8) is 0 Å². The molecule has 5 N–H and O–H groups in total. The van der Waals surface area contributed by atoms with E-state index < -0.39 is 24.0 Å². The van der Waals surface area contributed by atoms with Gasteiger partial charge in [-0.1, -0.05) is 66.2 Å². The van der Waals surface area contributed by atoms with Gasteiger partial charge >= 0.3 is 0 Å². The molecular weight excluding hydrogens is 428 g/mol. The maximum Gasteiger partial charge on any atom is 0.249 e. The number of carbonyl (C=O) groups is 2. The number of hydrogen-bond acceptors (Lipinski definition) is 5. The number of aliphatic hydroxyl groups excluding tert-OH is 1. The first-order valence-electron chi connectivity index (χ1n) is 10.2. The monoisotopic (exact) mass is 452 g/mol. The van der Waals surface area contributed by atoms with Crippen LogP contribution in [0.15, 0.2) is 72.9 Å². The Morgan fingerprint density at radius 1 is 0.938 bits per heavy atom. The third kappa shape index (κ3) is 6.80. The van der Waals surface area contributed by atoms with Crippen LogP contribution in [0, 0.1) is 0 Å². The maximum absolute atomic E-state index is 12.9. The van der Waals surface area contributed by atoms with E-state index in [4.69, 9.17) is 17.3 Å². The van der Waals surface area contributed by atoms with E-state index in [-0.39, 0.29) is 19.4 Å². The van der Waals surface area contributed by atoms with Gasteiger partial charge in [-0.2, -0.15) is 0 Å². The lowest BCUT2D eigenvalue weighted by atomic mass is 10.0. The fourth-order valence-corrected chi connectivity index (χ4v) is 3.36. The summed E-state index contributed by atoms with van der Waals surface area (Å²) in [5.74, 6) is -0.645. The fraction of sp³-hybridized carbons (Fsp3) is 0.208. The van der Waals surface area contributed by atoms with Crippen LogP contribution in [0.1, 0.15) is 16.7 Å². The zero-order valence-electron chi connectivity index (χ0n) is 17.4. The van der Waals surface area contributed by atoms with Crippen molar-refractivity contribution in [1.82, 2.24) is 15.6 Å². The molecule has 7 nitrogen and oxygen atoms in total. The average molecular weight is 453 g/mol. The van der Waals surface area contributed by atoms with E-state index in [0.717, 1.165) is 11.1 Å². The molecule has 32 heavy (non-hydrogen) atoms. The molecule has 0 aliphatic rings.